The number of rotatable bonds is 4. The second-order valence-electron chi connectivity index (χ2n) is 6.49. The van der Waals surface area contributed by atoms with Gasteiger partial charge >= 0.3 is 0 Å². The van der Waals surface area contributed by atoms with Crippen LogP contribution < -0.4 is 5.32 Å². The molecule has 0 bridgehead atoms. The minimum atomic E-state index is -2.98. The van der Waals surface area contributed by atoms with Crippen molar-refractivity contribution in [3.05, 3.63) is 11.6 Å². The average Bonchev–Trinajstić information content (AvgIpc) is 2.77. The van der Waals surface area contributed by atoms with Gasteiger partial charge in [0, 0.05) is 38.3 Å². The summed E-state index contributed by atoms with van der Waals surface area (Å²) in [5.41, 5.74) is 0.975. The summed E-state index contributed by atoms with van der Waals surface area (Å²) >= 11 is 0. The molecule has 0 spiro atoms. The lowest BCUT2D eigenvalue weighted by Gasteiger charge is -2.34. The SMILES string of the molecule is CC(C)=CC(=O)N1CCN(CC(=O)N[C@@H]2CCS(=O)(=O)C2)CC1. The largest absolute Gasteiger partial charge is 0.351 e. The number of amides is 2. The number of carbonyl (C=O) groups excluding carboxylic acids is 2. The van der Waals surface area contributed by atoms with Crippen molar-refractivity contribution in [3.63, 3.8) is 0 Å². The molecule has 1 atom stereocenters. The van der Waals surface area contributed by atoms with Gasteiger partial charge in [-0.3, -0.25) is 14.5 Å². The molecular weight excluding hydrogens is 318 g/mol. The van der Waals surface area contributed by atoms with E-state index in [2.05, 4.69) is 5.32 Å². The highest BCUT2D eigenvalue weighted by Gasteiger charge is 2.29. The predicted molar refractivity (Wildman–Crippen MR) is 87.7 cm³/mol. The van der Waals surface area contributed by atoms with E-state index in [0.717, 1.165) is 5.57 Å². The van der Waals surface area contributed by atoms with E-state index < -0.39 is 9.84 Å². The highest BCUT2D eigenvalue weighted by Crippen LogP contribution is 2.11. The number of sulfone groups is 1. The van der Waals surface area contributed by atoms with Crippen molar-refractivity contribution in [1.29, 1.82) is 0 Å². The quantitative estimate of drug-likeness (QED) is 0.689. The molecule has 2 aliphatic heterocycles. The molecule has 0 aromatic rings. The zero-order chi connectivity index (χ0) is 17.0. The molecule has 2 amide bonds. The van der Waals surface area contributed by atoms with Gasteiger partial charge in [0.15, 0.2) is 9.84 Å². The Morgan fingerprint density at radius 3 is 2.35 bits per heavy atom. The van der Waals surface area contributed by atoms with E-state index in [0.29, 0.717) is 32.6 Å². The summed E-state index contributed by atoms with van der Waals surface area (Å²) in [7, 11) is -2.98. The maximum atomic E-state index is 12.0. The Morgan fingerprint density at radius 1 is 1.17 bits per heavy atom. The Hall–Kier alpha value is -1.41. The normalized spacial score (nSPS) is 24.3. The lowest BCUT2D eigenvalue weighted by molar-refractivity contribution is -0.128. The lowest BCUT2D eigenvalue weighted by Crippen LogP contribution is -2.51. The van der Waals surface area contributed by atoms with Crippen LogP contribution in [0.3, 0.4) is 0 Å². The highest BCUT2D eigenvalue weighted by molar-refractivity contribution is 7.91. The van der Waals surface area contributed by atoms with Crippen molar-refractivity contribution in [2.75, 3.05) is 44.2 Å². The van der Waals surface area contributed by atoms with Gasteiger partial charge < -0.3 is 10.2 Å². The molecule has 0 saturated carbocycles. The summed E-state index contributed by atoms with van der Waals surface area (Å²) in [5.74, 6) is 0.0775. The summed E-state index contributed by atoms with van der Waals surface area (Å²) in [5, 5.41) is 2.79. The van der Waals surface area contributed by atoms with Gasteiger partial charge in [0.05, 0.1) is 18.1 Å². The molecule has 0 unspecified atom stereocenters. The van der Waals surface area contributed by atoms with Crippen LogP contribution in [0.15, 0.2) is 11.6 Å². The second kappa shape index (κ2) is 7.44. The zero-order valence-corrected chi connectivity index (χ0v) is 14.6. The maximum absolute atomic E-state index is 12.0. The molecule has 0 aromatic heterocycles. The minimum absolute atomic E-state index is 0.0188. The molecule has 2 heterocycles. The van der Waals surface area contributed by atoms with Gasteiger partial charge in [-0.05, 0) is 20.3 Å². The van der Waals surface area contributed by atoms with Crippen LogP contribution in [-0.2, 0) is 19.4 Å². The zero-order valence-electron chi connectivity index (χ0n) is 13.7. The van der Waals surface area contributed by atoms with Crippen LogP contribution >= 0.6 is 0 Å². The monoisotopic (exact) mass is 343 g/mol. The fourth-order valence-electron chi connectivity index (χ4n) is 2.85. The van der Waals surface area contributed by atoms with Gasteiger partial charge in [-0.15, -0.1) is 0 Å². The van der Waals surface area contributed by atoms with Crippen molar-refractivity contribution in [1.82, 2.24) is 15.1 Å². The summed E-state index contributed by atoms with van der Waals surface area (Å²) in [6.07, 6.45) is 2.13. The molecule has 7 nitrogen and oxygen atoms in total. The van der Waals surface area contributed by atoms with Crippen LogP contribution in [0.5, 0.6) is 0 Å². The number of nitrogens with one attached hydrogen (secondary N) is 1. The molecule has 2 aliphatic rings. The Kier molecular flexibility index (Phi) is 5.80. The van der Waals surface area contributed by atoms with Gasteiger partial charge in [0.2, 0.25) is 11.8 Å². The van der Waals surface area contributed by atoms with Gasteiger partial charge in [-0.1, -0.05) is 5.57 Å². The van der Waals surface area contributed by atoms with E-state index in [-0.39, 0.29) is 35.9 Å². The van der Waals surface area contributed by atoms with E-state index in [4.69, 9.17) is 0 Å². The number of hydrogen-bond acceptors (Lipinski definition) is 5. The standard InChI is InChI=1S/C15H25N3O4S/c1-12(2)9-15(20)18-6-4-17(5-7-18)10-14(19)16-13-3-8-23(21,22)11-13/h9,13H,3-8,10-11H2,1-2H3,(H,16,19)/t13-/m1/s1. The number of piperazine rings is 1. The highest BCUT2D eigenvalue weighted by atomic mass is 32.2. The average molecular weight is 343 g/mol. The first-order chi connectivity index (χ1) is 10.7. The molecule has 0 radical (unpaired) electrons. The number of carbonyl (C=O) groups is 2. The van der Waals surface area contributed by atoms with Crippen molar-refractivity contribution in [2.24, 2.45) is 0 Å². The molecule has 130 valence electrons. The third kappa shape index (κ3) is 5.62. The van der Waals surface area contributed by atoms with E-state index >= 15 is 0 Å². The first kappa shape index (κ1) is 17.9. The molecule has 23 heavy (non-hydrogen) atoms. The van der Waals surface area contributed by atoms with Crippen molar-refractivity contribution in [2.45, 2.75) is 26.3 Å². The second-order valence-corrected chi connectivity index (χ2v) is 8.72. The van der Waals surface area contributed by atoms with Gasteiger partial charge in [-0.2, -0.15) is 0 Å². The molecule has 0 aromatic carbocycles. The molecule has 2 rings (SSSR count). The molecule has 2 fully saturated rings. The first-order valence-corrected chi connectivity index (χ1v) is 9.73. The fourth-order valence-corrected chi connectivity index (χ4v) is 4.52. The summed E-state index contributed by atoms with van der Waals surface area (Å²) in [6, 6.07) is -0.256. The number of hydrogen-bond donors (Lipinski definition) is 1. The van der Waals surface area contributed by atoms with Crippen LogP contribution in [0.4, 0.5) is 0 Å². The molecule has 0 aliphatic carbocycles. The lowest BCUT2D eigenvalue weighted by atomic mass is 10.2. The van der Waals surface area contributed by atoms with Crippen LogP contribution in [0, 0.1) is 0 Å². The molecule has 2 saturated heterocycles. The van der Waals surface area contributed by atoms with Gasteiger partial charge in [-0.25, -0.2) is 8.42 Å². The van der Waals surface area contributed by atoms with Crippen LogP contribution in [-0.4, -0.2) is 80.3 Å². The van der Waals surface area contributed by atoms with Crippen molar-refractivity contribution in [3.8, 4) is 0 Å². The summed E-state index contributed by atoms with van der Waals surface area (Å²) in [4.78, 5) is 27.7. The van der Waals surface area contributed by atoms with Gasteiger partial charge in [0.1, 0.15) is 0 Å². The maximum Gasteiger partial charge on any atom is 0.246 e. The smallest absolute Gasteiger partial charge is 0.246 e. The molecule has 1 N–H and O–H groups in total. The number of allylic oxidation sites excluding steroid dienone is 1. The predicted octanol–water partition coefficient (Wildman–Crippen LogP) is -0.600. The first-order valence-electron chi connectivity index (χ1n) is 7.91. The Balaban J connectivity index is 1.73. The fraction of sp³-hybridized carbons (Fsp3) is 0.733. The van der Waals surface area contributed by atoms with E-state index in [9.17, 15) is 18.0 Å². The molecular formula is C15H25N3O4S. The van der Waals surface area contributed by atoms with Crippen LogP contribution in [0.2, 0.25) is 0 Å². The van der Waals surface area contributed by atoms with Gasteiger partial charge in [0.25, 0.3) is 0 Å². The van der Waals surface area contributed by atoms with Crippen molar-refractivity contribution < 1.29 is 18.0 Å². The third-order valence-electron chi connectivity index (χ3n) is 4.06. The van der Waals surface area contributed by atoms with Crippen molar-refractivity contribution >= 4 is 21.7 Å². The van der Waals surface area contributed by atoms with Crippen LogP contribution in [0.1, 0.15) is 20.3 Å². The summed E-state index contributed by atoms with van der Waals surface area (Å²) < 4.78 is 22.8. The van der Waals surface area contributed by atoms with E-state index in [1.807, 2.05) is 18.7 Å². The Labute approximate surface area is 137 Å². The Bertz CT molecular complexity index is 588. The topological polar surface area (TPSA) is 86.8 Å². The third-order valence-corrected chi connectivity index (χ3v) is 5.83. The molecule has 8 heteroatoms. The minimum Gasteiger partial charge on any atom is -0.351 e. The number of nitrogens with zero attached hydrogens (tertiary/aromatic N) is 2. The van der Waals surface area contributed by atoms with E-state index in [1.165, 1.54) is 0 Å². The Morgan fingerprint density at radius 2 is 1.83 bits per heavy atom. The summed E-state index contributed by atoms with van der Waals surface area (Å²) in [6.45, 7) is 6.55. The van der Waals surface area contributed by atoms with Crippen LogP contribution in [0.25, 0.3) is 0 Å². The van der Waals surface area contributed by atoms with E-state index in [1.54, 1.807) is 11.0 Å².